The van der Waals surface area contributed by atoms with Crippen LogP contribution in [-0.4, -0.2) is 38.2 Å². The molecular formula is C18H24N4OS. The molecule has 0 radical (unpaired) electrons. The molecule has 0 bridgehead atoms. The van der Waals surface area contributed by atoms with Gasteiger partial charge in [-0.3, -0.25) is 14.5 Å². The first-order chi connectivity index (χ1) is 11.6. The van der Waals surface area contributed by atoms with E-state index in [-0.39, 0.29) is 12.5 Å². The maximum absolute atomic E-state index is 12.9. The zero-order valence-electron chi connectivity index (χ0n) is 14.3. The highest BCUT2D eigenvalue weighted by Crippen LogP contribution is 2.22. The Morgan fingerprint density at radius 1 is 1.42 bits per heavy atom. The molecule has 1 fully saturated rings. The number of amides is 1. The van der Waals surface area contributed by atoms with E-state index in [0.29, 0.717) is 10.8 Å². The van der Waals surface area contributed by atoms with Crippen molar-refractivity contribution in [1.29, 1.82) is 0 Å². The van der Waals surface area contributed by atoms with E-state index in [9.17, 15) is 4.79 Å². The minimum absolute atomic E-state index is 0.132. The number of aryl methyl sites for hydroxylation is 1. The van der Waals surface area contributed by atoms with Crippen molar-refractivity contribution in [2.45, 2.75) is 52.1 Å². The molecule has 3 rings (SSSR count). The van der Waals surface area contributed by atoms with Crippen LogP contribution in [0.3, 0.4) is 0 Å². The predicted molar refractivity (Wildman–Crippen MR) is 97.2 cm³/mol. The molecule has 1 saturated heterocycles. The van der Waals surface area contributed by atoms with Crippen molar-refractivity contribution < 1.29 is 4.79 Å². The monoisotopic (exact) mass is 344 g/mol. The first kappa shape index (κ1) is 16.9. The van der Waals surface area contributed by atoms with Gasteiger partial charge in [-0.15, -0.1) is 0 Å². The zero-order chi connectivity index (χ0) is 17.1. The number of H-pyrrole nitrogens is 1. The number of nitrogens with one attached hydrogen (secondary N) is 1. The molecule has 1 amide bonds. The highest BCUT2D eigenvalue weighted by atomic mass is 32.1. The van der Waals surface area contributed by atoms with E-state index in [2.05, 4.69) is 23.2 Å². The Morgan fingerprint density at radius 2 is 2.25 bits per heavy atom. The lowest BCUT2D eigenvalue weighted by Gasteiger charge is -2.35. The summed E-state index contributed by atoms with van der Waals surface area (Å²) in [6.07, 6.45) is 4.41. The Labute approximate surface area is 147 Å². The van der Waals surface area contributed by atoms with Crippen molar-refractivity contribution in [2.24, 2.45) is 0 Å². The van der Waals surface area contributed by atoms with E-state index in [1.807, 2.05) is 34.6 Å². The minimum atomic E-state index is 0.132. The lowest BCUT2D eigenvalue weighted by Crippen LogP contribution is -2.44. The van der Waals surface area contributed by atoms with Crippen LogP contribution < -0.4 is 0 Å². The number of hydrogen-bond acceptors (Lipinski definition) is 3. The lowest BCUT2D eigenvalue weighted by molar-refractivity contribution is -0.135. The molecule has 0 aliphatic carbocycles. The summed E-state index contributed by atoms with van der Waals surface area (Å²) in [6.45, 7) is 5.29. The lowest BCUT2D eigenvalue weighted by atomic mass is 10.00. The number of rotatable bonds is 4. The van der Waals surface area contributed by atoms with Crippen molar-refractivity contribution in [1.82, 2.24) is 19.7 Å². The third kappa shape index (κ3) is 3.43. The van der Waals surface area contributed by atoms with Crippen LogP contribution >= 0.6 is 12.2 Å². The third-order valence-electron chi connectivity index (χ3n) is 4.75. The summed E-state index contributed by atoms with van der Waals surface area (Å²) in [5.41, 5.74) is 2.13. The fraction of sp³-hybridized carbons (Fsp3) is 0.500. The van der Waals surface area contributed by atoms with Crippen LogP contribution in [0.4, 0.5) is 0 Å². The quantitative estimate of drug-likeness (QED) is 0.860. The standard InChI is InChI=1S/C18H24N4OS/c1-3-15-9-4-5-10-21(15)16(23)12-22-17(19-20-18(22)24)14-8-6-7-13(2)11-14/h6-8,11,15H,3-5,9-10,12H2,1-2H3,(H,20,24)/t15-/m1/s1. The van der Waals surface area contributed by atoms with Crippen molar-refractivity contribution in [2.75, 3.05) is 6.54 Å². The smallest absolute Gasteiger partial charge is 0.242 e. The minimum Gasteiger partial charge on any atom is -0.338 e. The van der Waals surface area contributed by atoms with Gasteiger partial charge in [-0.25, -0.2) is 0 Å². The summed E-state index contributed by atoms with van der Waals surface area (Å²) in [6, 6.07) is 8.44. The number of piperidine rings is 1. The van der Waals surface area contributed by atoms with E-state index in [0.717, 1.165) is 42.8 Å². The predicted octanol–water partition coefficient (Wildman–Crippen LogP) is 3.71. The fourth-order valence-corrected chi connectivity index (χ4v) is 3.65. The maximum atomic E-state index is 12.9. The molecule has 1 aliphatic rings. The molecule has 0 unspecified atom stereocenters. The van der Waals surface area contributed by atoms with E-state index < -0.39 is 0 Å². The van der Waals surface area contributed by atoms with E-state index in [1.54, 1.807) is 0 Å². The van der Waals surface area contributed by atoms with Crippen LogP contribution in [0.15, 0.2) is 24.3 Å². The van der Waals surface area contributed by atoms with Gasteiger partial charge in [-0.05, 0) is 50.9 Å². The topological polar surface area (TPSA) is 53.9 Å². The molecule has 24 heavy (non-hydrogen) atoms. The number of carbonyl (C=O) groups excluding carboxylic acids is 1. The van der Waals surface area contributed by atoms with Crippen LogP contribution in [0, 0.1) is 11.7 Å². The molecule has 128 valence electrons. The zero-order valence-corrected chi connectivity index (χ0v) is 15.1. The Balaban J connectivity index is 1.86. The fourth-order valence-electron chi connectivity index (χ4n) is 3.45. The molecule has 1 aromatic carbocycles. The molecule has 1 atom stereocenters. The summed E-state index contributed by atoms with van der Waals surface area (Å²) in [5, 5.41) is 7.17. The van der Waals surface area contributed by atoms with Crippen molar-refractivity contribution in [3.05, 3.63) is 34.6 Å². The highest BCUT2D eigenvalue weighted by molar-refractivity contribution is 7.71. The molecule has 2 heterocycles. The molecule has 1 N–H and O–H groups in total. The van der Waals surface area contributed by atoms with Gasteiger partial charge in [0.1, 0.15) is 6.54 Å². The van der Waals surface area contributed by atoms with Gasteiger partial charge >= 0.3 is 0 Å². The van der Waals surface area contributed by atoms with Crippen LogP contribution in [0.25, 0.3) is 11.4 Å². The van der Waals surface area contributed by atoms with Crippen LogP contribution in [-0.2, 0) is 11.3 Å². The average Bonchev–Trinajstić information content (AvgIpc) is 2.95. The van der Waals surface area contributed by atoms with Gasteiger partial charge in [-0.2, -0.15) is 5.10 Å². The van der Waals surface area contributed by atoms with Gasteiger partial charge in [0, 0.05) is 18.2 Å². The van der Waals surface area contributed by atoms with Crippen LogP contribution in [0.5, 0.6) is 0 Å². The second kappa shape index (κ2) is 7.30. The summed E-state index contributed by atoms with van der Waals surface area (Å²) in [5.74, 6) is 0.857. The third-order valence-corrected chi connectivity index (χ3v) is 5.06. The summed E-state index contributed by atoms with van der Waals surface area (Å²) < 4.78 is 2.30. The Bertz CT molecular complexity index is 779. The average molecular weight is 344 g/mol. The molecule has 2 aromatic rings. The van der Waals surface area contributed by atoms with E-state index in [1.165, 1.54) is 6.42 Å². The molecule has 5 nitrogen and oxygen atoms in total. The number of benzene rings is 1. The van der Waals surface area contributed by atoms with Crippen molar-refractivity contribution in [3.8, 4) is 11.4 Å². The number of aromatic amines is 1. The van der Waals surface area contributed by atoms with Crippen LogP contribution in [0.1, 0.15) is 38.2 Å². The van der Waals surface area contributed by atoms with Gasteiger partial charge in [0.15, 0.2) is 10.6 Å². The molecule has 6 heteroatoms. The Morgan fingerprint density at radius 3 is 3.00 bits per heavy atom. The molecule has 1 aliphatic heterocycles. The van der Waals surface area contributed by atoms with Gasteiger partial charge in [0.25, 0.3) is 0 Å². The SMILES string of the molecule is CC[C@@H]1CCCCN1C(=O)Cn1c(-c2cccc(C)c2)n[nH]c1=S. The van der Waals surface area contributed by atoms with Gasteiger partial charge in [0.2, 0.25) is 5.91 Å². The second-order valence-corrected chi connectivity index (χ2v) is 6.84. The van der Waals surface area contributed by atoms with Gasteiger partial charge in [-0.1, -0.05) is 30.7 Å². The first-order valence-corrected chi connectivity index (χ1v) is 9.02. The van der Waals surface area contributed by atoms with Crippen LogP contribution in [0.2, 0.25) is 0 Å². The summed E-state index contributed by atoms with van der Waals surface area (Å²) in [4.78, 5) is 14.9. The van der Waals surface area contributed by atoms with Gasteiger partial charge < -0.3 is 4.90 Å². The molecular weight excluding hydrogens is 320 g/mol. The van der Waals surface area contributed by atoms with Crippen molar-refractivity contribution in [3.63, 3.8) is 0 Å². The summed E-state index contributed by atoms with van der Waals surface area (Å²) >= 11 is 5.36. The molecule has 0 spiro atoms. The summed E-state index contributed by atoms with van der Waals surface area (Å²) in [7, 11) is 0. The normalized spacial score (nSPS) is 17.9. The number of nitrogens with zero attached hydrogens (tertiary/aromatic N) is 3. The largest absolute Gasteiger partial charge is 0.338 e. The molecule has 1 aromatic heterocycles. The second-order valence-electron chi connectivity index (χ2n) is 6.45. The highest BCUT2D eigenvalue weighted by Gasteiger charge is 2.26. The Hall–Kier alpha value is -1.95. The van der Waals surface area contributed by atoms with Crippen molar-refractivity contribution >= 4 is 18.1 Å². The number of aromatic nitrogens is 3. The number of likely N-dealkylation sites (tertiary alicyclic amines) is 1. The molecule has 0 saturated carbocycles. The first-order valence-electron chi connectivity index (χ1n) is 8.62. The van der Waals surface area contributed by atoms with E-state index in [4.69, 9.17) is 12.2 Å². The Kier molecular flexibility index (Phi) is 5.14. The maximum Gasteiger partial charge on any atom is 0.242 e. The van der Waals surface area contributed by atoms with Gasteiger partial charge in [0.05, 0.1) is 0 Å². The number of carbonyl (C=O) groups is 1. The number of hydrogen-bond donors (Lipinski definition) is 1. The van der Waals surface area contributed by atoms with E-state index >= 15 is 0 Å².